The van der Waals surface area contributed by atoms with E-state index in [0.29, 0.717) is 38.6 Å². The van der Waals surface area contributed by atoms with Crippen molar-refractivity contribution in [2.24, 2.45) is 11.3 Å². The minimum atomic E-state index is -4.28. The molecule has 1 aromatic heterocycles. The Kier molecular flexibility index (Phi) is 9.59. The molecule has 3 heterocycles. The fourth-order valence-corrected chi connectivity index (χ4v) is 6.64. The summed E-state index contributed by atoms with van der Waals surface area (Å²) in [5.74, 6) is -1.70. The minimum absolute atomic E-state index is 0.190. The van der Waals surface area contributed by atoms with Crippen molar-refractivity contribution in [3.8, 4) is 0 Å². The predicted octanol–water partition coefficient (Wildman–Crippen LogP) is 3.22. The number of alkyl carbamates (subject to hydrolysis) is 1. The van der Waals surface area contributed by atoms with Crippen molar-refractivity contribution < 1.29 is 32.3 Å². The lowest BCUT2D eigenvalue weighted by atomic mass is 9.91. The van der Waals surface area contributed by atoms with Crippen molar-refractivity contribution >= 4 is 39.6 Å². The molecule has 0 radical (unpaired) electrons. The summed E-state index contributed by atoms with van der Waals surface area (Å²) in [7, 11) is -4.28. The van der Waals surface area contributed by atoms with E-state index in [9.17, 15) is 27.6 Å². The molecule has 4 atom stereocenters. The number of amides is 3. The highest BCUT2D eigenvalue weighted by Gasteiger charge is 2.61. The summed E-state index contributed by atoms with van der Waals surface area (Å²) >= 11 is 0. The highest BCUT2D eigenvalue weighted by molar-refractivity contribution is 7.91. The molecule has 1 saturated heterocycles. The van der Waals surface area contributed by atoms with E-state index < -0.39 is 45.3 Å². The standard InChI is InChI=1S/C29H41N5O7S/c1-28(2,3)41-27(38)31-22-13-8-6-4-5-7-11-20-17-29(20,18-24(35)23-14-10-16-34(23)25(22)36)26(37)33-42(39,40)32-21-12-9-15-30-19-21/h7,9,11-12,15,19-20,22-23,32H,4-6,8,10,13-14,16-18H2,1-3H3,(H,31,38)(H,33,37)/b11-7-/t20-,22+,23+,29-/m1/s1. The normalized spacial score (nSPS) is 27.9. The number of rotatable bonds is 5. The second-order valence-corrected chi connectivity index (χ2v) is 13.8. The first-order valence-electron chi connectivity index (χ1n) is 14.5. The largest absolute Gasteiger partial charge is 0.444 e. The van der Waals surface area contributed by atoms with Gasteiger partial charge in [-0.25, -0.2) is 9.52 Å². The van der Waals surface area contributed by atoms with Gasteiger partial charge in [-0.3, -0.25) is 24.1 Å². The van der Waals surface area contributed by atoms with Gasteiger partial charge >= 0.3 is 16.3 Å². The van der Waals surface area contributed by atoms with Crippen LogP contribution in [0.5, 0.6) is 0 Å². The van der Waals surface area contributed by atoms with E-state index in [-0.39, 0.29) is 29.7 Å². The lowest BCUT2D eigenvalue weighted by Gasteiger charge is -2.30. The Hall–Kier alpha value is -3.48. The molecule has 0 spiro atoms. The van der Waals surface area contributed by atoms with Crippen molar-refractivity contribution in [3.05, 3.63) is 36.7 Å². The second-order valence-electron chi connectivity index (χ2n) is 12.3. The van der Waals surface area contributed by atoms with Gasteiger partial charge in [-0.15, -0.1) is 0 Å². The maximum atomic E-state index is 13.7. The van der Waals surface area contributed by atoms with Crippen LogP contribution in [0.3, 0.4) is 0 Å². The molecule has 2 aliphatic heterocycles. The van der Waals surface area contributed by atoms with E-state index in [0.717, 1.165) is 19.3 Å². The molecule has 1 aromatic rings. The summed E-state index contributed by atoms with van der Waals surface area (Å²) in [6, 6.07) is 1.46. The van der Waals surface area contributed by atoms with E-state index in [2.05, 4.69) is 19.7 Å². The van der Waals surface area contributed by atoms with E-state index >= 15 is 0 Å². The Morgan fingerprint density at radius 1 is 1.12 bits per heavy atom. The molecule has 3 N–H and O–H groups in total. The molecule has 2 fully saturated rings. The molecule has 230 valence electrons. The molecule has 0 aromatic carbocycles. The van der Waals surface area contributed by atoms with Crippen LogP contribution in [0.2, 0.25) is 0 Å². The number of allylic oxidation sites excluding steroid dienone is 2. The highest BCUT2D eigenvalue weighted by Crippen LogP contribution is 2.57. The van der Waals surface area contributed by atoms with Gasteiger partial charge in [0, 0.05) is 19.2 Å². The SMILES string of the molecule is CC(C)(C)OC(=O)N[C@H]1CCCCC/C=C\[C@@H]2C[C@@]2(C(=O)NS(=O)(=O)Nc2cccnc2)CC(=O)[C@@H]2CCCN2C1=O. The monoisotopic (exact) mass is 603 g/mol. The second kappa shape index (κ2) is 12.8. The number of pyridine rings is 1. The molecule has 3 amide bonds. The molecule has 1 aliphatic carbocycles. The van der Waals surface area contributed by atoms with Gasteiger partial charge in [0.25, 0.3) is 0 Å². The Morgan fingerprint density at radius 3 is 2.62 bits per heavy atom. The average molecular weight is 604 g/mol. The van der Waals surface area contributed by atoms with Crippen molar-refractivity contribution in [1.29, 1.82) is 0 Å². The van der Waals surface area contributed by atoms with Gasteiger partial charge in [0.15, 0.2) is 5.78 Å². The van der Waals surface area contributed by atoms with Crippen LogP contribution in [0, 0.1) is 11.3 Å². The zero-order chi connectivity index (χ0) is 30.5. The summed E-state index contributed by atoms with van der Waals surface area (Å²) in [5, 5.41) is 2.71. The van der Waals surface area contributed by atoms with E-state index in [4.69, 9.17) is 4.74 Å². The molecule has 42 heavy (non-hydrogen) atoms. The van der Waals surface area contributed by atoms with Crippen molar-refractivity contribution in [1.82, 2.24) is 19.9 Å². The van der Waals surface area contributed by atoms with Crippen molar-refractivity contribution in [2.75, 3.05) is 11.3 Å². The van der Waals surface area contributed by atoms with Crippen LogP contribution in [0.4, 0.5) is 10.5 Å². The maximum absolute atomic E-state index is 13.7. The van der Waals surface area contributed by atoms with Crippen LogP contribution < -0.4 is 14.8 Å². The summed E-state index contributed by atoms with van der Waals surface area (Å²) in [5.41, 5.74) is -1.78. The van der Waals surface area contributed by atoms with Crippen LogP contribution in [0.25, 0.3) is 0 Å². The fourth-order valence-electron chi connectivity index (χ4n) is 5.71. The number of ketones is 1. The molecule has 13 heteroatoms. The first-order chi connectivity index (χ1) is 19.8. The van der Waals surface area contributed by atoms with E-state index in [1.807, 2.05) is 12.2 Å². The Balaban J connectivity index is 1.53. The number of hydrogen-bond acceptors (Lipinski definition) is 8. The summed E-state index contributed by atoms with van der Waals surface area (Å²) in [6.45, 7) is 5.58. The Bertz CT molecular complexity index is 1310. The molecule has 1 saturated carbocycles. The number of Topliss-reactive ketones (excluding diaryl/α,β-unsaturated/α-hetero) is 1. The lowest BCUT2D eigenvalue weighted by Crippen LogP contribution is -2.53. The van der Waals surface area contributed by atoms with Gasteiger partial charge in [-0.05, 0) is 77.3 Å². The molecule has 0 unspecified atom stereocenters. The number of nitrogens with one attached hydrogen (secondary N) is 3. The quantitative estimate of drug-likeness (QED) is 0.432. The van der Waals surface area contributed by atoms with Gasteiger partial charge in [0.2, 0.25) is 11.8 Å². The maximum Gasteiger partial charge on any atom is 0.408 e. The fraction of sp³-hybridized carbons (Fsp3) is 0.621. The third kappa shape index (κ3) is 8.08. The van der Waals surface area contributed by atoms with E-state index in [1.165, 1.54) is 23.4 Å². The van der Waals surface area contributed by atoms with Crippen LogP contribution in [0.1, 0.15) is 78.6 Å². The number of fused-ring (bicyclic) bond motifs is 2. The van der Waals surface area contributed by atoms with Gasteiger partial charge in [-0.1, -0.05) is 25.0 Å². The van der Waals surface area contributed by atoms with Gasteiger partial charge in [0.1, 0.15) is 11.6 Å². The summed E-state index contributed by atoms with van der Waals surface area (Å²) < 4.78 is 35.3. The summed E-state index contributed by atoms with van der Waals surface area (Å²) in [4.78, 5) is 58.8. The minimum Gasteiger partial charge on any atom is -0.444 e. The number of carbonyl (C=O) groups excluding carboxylic acids is 4. The number of hydrogen-bond donors (Lipinski definition) is 3. The molecule has 3 aliphatic rings. The Morgan fingerprint density at radius 2 is 1.90 bits per heavy atom. The zero-order valence-electron chi connectivity index (χ0n) is 24.4. The Labute approximate surface area is 247 Å². The van der Waals surface area contributed by atoms with Gasteiger partial charge < -0.3 is 15.0 Å². The smallest absolute Gasteiger partial charge is 0.408 e. The van der Waals surface area contributed by atoms with E-state index in [1.54, 1.807) is 26.8 Å². The highest BCUT2D eigenvalue weighted by atomic mass is 32.2. The first kappa shape index (κ1) is 31.5. The van der Waals surface area contributed by atoms with Crippen molar-refractivity contribution in [2.45, 2.75) is 96.2 Å². The lowest BCUT2D eigenvalue weighted by molar-refractivity contribution is -0.140. The molecule has 0 bridgehead atoms. The summed E-state index contributed by atoms with van der Waals surface area (Å²) in [6.07, 6.45) is 10.6. The molecular weight excluding hydrogens is 562 g/mol. The van der Waals surface area contributed by atoms with Gasteiger partial charge in [-0.2, -0.15) is 8.42 Å². The van der Waals surface area contributed by atoms with Crippen LogP contribution >= 0.6 is 0 Å². The third-order valence-electron chi connectivity index (χ3n) is 7.85. The topological polar surface area (TPSA) is 164 Å². The predicted molar refractivity (Wildman–Crippen MR) is 155 cm³/mol. The van der Waals surface area contributed by atoms with Crippen LogP contribution in [-0.4, -0.2) is 66.2 Å². The number of nitrogens with zero attached hydrogens (tertiary/aromatic N) is 2. The first-order valence-corrected chi connectivity index (χ1v) is 16.0. The van der Waals surface area contributed by atoms with Crippen LogP contribution in [-0.2, 0) is 29.3 Å². The number of ether oxygens (including phenoxy) is 1. The number of aromatic nitrogens is 1. The third-order valence-corrected chi connectivity index (χ3v) is 8.80. The molecule has 4 rings (SSSR count). The number of anilines is 1. The van der Waals surface area contributed by atoms with Gasteiger partial charge in [0.05, 0.1) is 23.3 Å². The molecule has 12 nitrogen and oxygen atoms in total. The van der Waals surface area contributed by atoms with Crippen LogP contribution in [0.15, 0.2) is 36.7 Å². The number of carbonyl (C=O) groups is 4. The zero-order valence-corrected chi connectivity index (χ0v) is 25.2. The average Bonchev–Trinajstić information content (AvgIpc) is 3.35. The van der Waals surface area contributed by atoms with Crippen molar-refractivity contribution in [3.63, 3.8) is 0 Å². The molecular formula is C29H41N5O7S.